The zero-order valence-electron chi connectivity index (χ0n) is 13.1. The molecule has 0 aromatic rings. The summed E-state index contributed by atoms with van der Waals surface area (Å²) in [5.41, 5.74) is 0. The van der Waals surface area contributed by atoms with Crippen LogP contribution >= 0.6 is 0 Å². The van der Waals surface area contributed by atoms with Crippen molar-refractivity contribution in [2.45, 2.75) is 63.5 Å². The van der Waals surface area contributed by atoms with Gasteiger partial charge in [-0.15, -0.1) is 0 Å². The van der Waals surface area contributed by atoms with Gasteiger partial charge in [0.15, 0.2) is 0 Å². The molecule has 3 fully saturated rings. The van der Waals surface area contributed by atoms with E-state index >= 15 is 0 Å². The molecule has 0 amide bonds. The Morgan fingerprint density at radius 1 is 1.05 bits per heavy atom. The molecule has 0 aromatic heterocycles. The Hall–Kier alpha value is -0.170. The Morgan fingerprint density at radius 2 is 1.67 bits per heavy atom. The summed E-state index contributed by atoms with van der Waals surface area (Å²) < 4.78 is 28.7. The van der Waals surface area contributed by atoms with E-state index < -0.39 is 10.2 Å². The first-order valence-corrected chi connectivity index (χ1v) is 9.93. The van der Waals surface area contributed by atoms with E-state index in [2.05, 4.69) is 5.32 Å². The highest BCUT2D eigenvalue weighted by Crippen LogP contribution is 2.28. The highest BCUT2D eigenvalue weighted by atomic mass is 32.2. The normalized spacial score (nSPS) is 26.8. The summed E-state index contributed by atoms with van der Waals surface area (Å²) in [7, 11) is -1.47. The lowest BCUT2D eigenvalue weighted by Crippen LogP contribution is -2.49. The Morgan fingerprint density at radius 3 is 2.24 bits per heavy atom. The highest BCUT2D eigenvalue weighted by molar-refractivity contribution is 7.86. The quantitative estimate of drug-likeness (QED) is 0.809. The lowest BCUT2D eigenvalue weighted by Gasteiger charge is -2.35. The molecule has 1 N–H and O–H groups in total. The molecule has 3 aliphatic rings. The van der Waals surface area contributed by atoms with Crippen molar-refractivity contribution >= 4 is 10.2 Å². The lowest BCUT2D eigenvalue weighted by molar-refractivity contribution is 0.244. The summed E-state index contributed by atoms with van der Waals surface area (Å²) in [4.78, 5) is 0. The summed E-state index contributed by atoms with van der Waals surface area (Å²) in [6.45, 7) is 2.45. The molecule has 1 saturated heterocycles. The molecule has 3 rings (SSSR count). The van der Waals surface area contributed by atoms with Crippen molar-refractivity contribution in [1.29, 1.82) is 0 Å². The number of piperidine rings is 1. The van der Waals surface area contributed by atoms with Crippen LogP contribution in [0.4, 0.5) is 0 Å². The second-order valence-electron chi connectivity index (χ2n) is 6.99. The minimum atomic E-state index is -3.24. The predicted molar refractivity (Wildman–Crippen MR) is 84.3 cm³/mol. The van der Waals surface area contributed by atoms with Gasteiger partial charge in [0.1, 0.15) is 0 Å². The Kier molecular flexibility index (Phi) is 4.88. The second kappa shape index (κ2) is 6.52. The van der Waals surface area contributed by atoms with Crippen LogP contribution in [0.3, 0.4) is 0 Å². The van der Waals surface area contributed by atoms with Crippen LogP contribution in [0.2, 0.25) is 0 Å². The Labute approximate surface area is 129 Å². The van der Waals surface area contributed by atoms with Gasteiger partial charge in [0, 0.05) is 32.2 Å². The highest BCUT2D eigenvalue weighted by Gasteiger charge is 2.35. The van der Waals surface area contributed by atoms with Gasteiger partial charge in [-0.25, -0.2) is 0 Å². The van der Waals surface area contributed by atoms with E-state index in [4.69, 9.17) is 0 Å². The molecule has 1 aliphatic heterocycles. The largest absolute Gasteiger partial charge is 0.314 e. The molecule has 0 bridgehead atoms. The van der Waals surface area contributed by atoms with Crippen LogP contribution in [0.1, 0.15) is 51.4 Å². The first-order valence-electron chi connectivity index (χ1n) is 8.54. The zero-order chi connectivity index (χ0) is 14.9. The SMILES string of the molecule is CN(C1CCCC1)S(=O)(=O)N1CCC(CNC2CC2)CC1. The number of rotatable bonds is 6. The first-order chi connectivity index (χ1) is 10.1. The molecule has 0 atom stereocenters. The third kappa shape index (κ3) is 3.78. The van der Waals surface area contributed by atoms with Crippen molar-refractivity contribution in [2.24, 2.45) is 5.92 Å². The van der Waals surface area contributed by atoms with Gasteiger partial charge in [-0.1, -0.05) is 12.8 Å². The molecule has 5 nitrogen and oxygen atoms in total. The zero-order valence-corrected chi connectivity index (χ0v) is 13.9. The van der Waals surface area contributed by atoms with E-state index in [0.29, 0.717) is 19.0 Å². The summed E-state index contributed by atoms with van der Waals surface area (Å²) >= 11 is 0. The maximum Gasteiger partial charge on any atom is 0.281 e. The fraction of sp³-hybridized carbons (Fsp3) is 1.00. The standard InChI is InChI=1S/C15H29N3O2S/c1-17(15-4-2-3-5-15)21(19,20)18-10-8-13(9-11-18)12-16-14-6-7-14/h13-16H,2-12H2,1H3. The number of nitrogens with zero attached hydrogens (tertiary/aromatic N) is 2. The van der Waals surface area contributed by atoms with E-state index in [0.717, 1.165) is 38.3 Å². The molecule has 6 heteroatoms. The summed E-state index contributed by atoms with van der Waals surface area (Å²) in [6, 6.07) is 0.976. The molecule has 2 aliphatic carbocycles. The van der Waals surface area contributed by atoms with Crippen molar-refractivity contribution < 1.29 is 8.42 Å². The monoisotopic (exact) mass is 315 g/mol. The molecule has 0 aromatic carbocycles. The average molecular weight is 315 g/mol. The minimum absolute atomic E-state index is 0.226. The van der Waals surface area contributed by atoms with Crippen LogP contribution in [-0.4, -0.2) is 55.8 Å². The fourth-order valence-electron chi connectivity index (χ4n) is 3.60. The number of hydrogen-bond donors (Lipinski definition) is 1. The average Bonchev–Trinajstić information content (AvgIpc) is 3.16. The van der Waals surface area contributed by atoms with Gasteiger partial charge >= 0.3 is 0 Å². The number of nitrogens with one attached hydrogen (secondary N) is 1. The first kappa shape index (κ1) is 15.7. The van der Waals surface area contributed by atoms with Crippen molar-refractivity contribution in [3.63, 3.8) is 0 Å². The van der Waals surface area contributed by atoms with Crippen LogP contribution in [0, 0.1) is 5.92 Å². The summed E-state index contributed by atoms with van der Waals surface area (Å²) in [5, 5.41) is 3.57. The minimum Gasteiger partial charge on any atom is -0.314 e. The Balaban J connectivity index is 1.49. The van der Waals surface area contributed by atoms with E-state index in [1.807, 2.05) is 0 Å². The maximum atomic E-state index is 12.7. The number of hydrogen-bond acceptors (Lipinski definition) is 3. The van der Waals surface area contributed by atoms with Crippen LogP contribution in [-0.2, 0) is 10.2 Å². The van der Waals surface area contributed by atoms with Gasteiger partial charge in [0.25, 0.3) is 10.2 Å². The van der Waals surface area contributed by atoms with Gasteiger partial charge in [0.05, 0.1) is 0 Å². The second-order valence-corrected chi connectivity index (χ2v) is 8.98. The molecule has 0 unspecified atom stereocenters. The third-order valence-electron chi connectivity index (χ3n) is 5.38. The van der Waals surface area contributed by atoms with Crippen molar-refractivity contribution in [2.75, 3.05) is 26.7 Å². The van der Waals surface area contributed by atoms with Crippen molar-refractivity contribution in [1.82, 2.24) is 13.9 Å². The molecule has 122 valence electrons. The van der Waals surface area contributed by atoms with Crippen LogP contribution in [0.25, 0.3) is 0 Å². The van der Waals surface area contributed by atoms with Gasteiger partial charge in [-0.05, 0) is 51.0 Å². The summed E-state index contributed by atoms with van der Waals surface area (Å²) in [5.74, 6) is 0.647. The topological polar surface area (TPSA) is 52.7 Å². The van der Waals surface area contributed by atoms with E-state index in [9.17, 15) is 8.42 Å². The Bertz CT molecular complexity index is 436. The van der Waals surface area contributed by atoms with Gasteiger partial charge in [-0.2, -0.15) is 17.0 Å². The van der Waals surface area contributed by atoms with Crippen LogP contribution in [0.5, 0.6) is 0 Å². The van der Waals surface area contributed by atoms with E-state index in [-0.39, 0.29) is 6.04 Å². The fourth-order valence-corrected chi connectivity index (χ4v) is 5.23. The lowest BCUT2D eigenvalue weighted by atomic mass is 9.98. The predicted octanol–water partition coefficient (Wildman–Crippen LogP) is 1.57. The van der Waals surface area contributed by atoms with Gasteiger partial charge in [-0.3, -0.25) is 0 Å². The van der Waals surface area contributed by atoms with E-state index in [1.165, 1.54) is 25.7 Å². The van der Waals surface area contributed by atoms with Crippen LogP contribution < -0.4 is 5.32 Å². The molecule has 21 heavy (non-hydrogen) atoms. The molecule has 1 heterocycles. The van der Waals surface area contributed by atoms with Gasteiger partial charge < -0.3 is 5.32 Å². The molecule has 0 spiro atoms. The van der Waals surface area contributed by atoms with Crippen molar-refractivity contribution in [3.8, 4) is 0 Å². The van der Waals surface area contributed by atoms with Crippen molar-refractivity contribution in [3.05, 3.63) is 0 Å². The molecular weight excluding hydrogens is 286 g/mol. The molecule has 0 radical (unpaired) electrons. The molecule has 2 saturated carbocycles. The summed E-state index contributed by atoms with van der Waals surface area (Å²) in [6.07, 6.45) is 9.02. The van der Waals surface area contributed by atoms with E-state index in [1.54, 1.807) is 15.7 Å². The smallest absolute Gasteiger partial charge is 0.281 e. The van der Waals surface area contributed by atoms with Crippen LogP contribution in [0.15, 0.2) is 0 Å². The molecular formula is C15H29N3O2S. The third-order valence-corrected chi connectivity index (χ3v) is 7.42. The maximum absolute atomic E-state index is 12.7. The van der Waals surface area contributed by atoms with Gasteiger partial charge in [0.2, 0.25) is 0 Å².